The van der Waals surface area contributed by atoms with Crippen LogP contribution in [0, 0.1) is 34.6 Å². The van der Waals surface area contributed by atoms with Crippen molar-refractivity contribution in [2.75, 3.05) is 4.90 Å². The number of aromatic hydroxyl groups is 3. The zero-order valence-corrected chi connectivity index (χ0v) is 20.0. The molecule has 0 bridgehead atoms. The number of anilines is 3. The van der Waals surface area contributed by atoms with Gasteiger partial charge in [-0.3, -0.25) is 4.90 Å². The van der Waals surface area contributed by atoms with Crippen molar-refractivity contribution in [3.8, 4) is 28.7 Å². The molecule has 5 heteroatoms. The average Bonchev–Trinajstić information content (AvgIpc) is 2.75. The second-order valence-electron chi connectivity index (χ2n) is 8.70. The van der Waals surface area contributed by atoms with Crippen molar-refractivity contribution >= 4 is 17.1 Å². The third kappa shape index (κ3) is 4.25. The van der Waals surface area contributed by atoms with Crippen molar-refractivity contribution in [3.63, 3.8) is 0 Å². The highest BCUT2D eigenvalue weighted by Crippen LogP contribution is 2.50. The minimum Gasteiger partial charge on any atom is -0.508 e. The van der Waals surface area contributed by atoms with E-state index in [1.165, 1.54) is 0 Å². The van der Waals surface area contributed by atoms with Gasteiger partial charge in [0, 0.05) is 5.56 Å². The quantitative estimate of drug-likeness (QED) is 0.289. The summed E-state index contributed by atoms with van der Waals surface area (Å²) in [7, 11) is 0. The maximum Gasteiger partial charge on any atom is 0.151 e. The lowest BCUT2D eigenvalue weighted by Crippen LogP contribution is -2.14. The normalized spacial score (nSPS) is 10.9. The van der Waals surface area contributed by atoms with Crippen molar-refractivity contribution in [1.29, 1.82) is 0 Å². The minimum absolute atomic E-state index is 0.0974. The van der Waals surface area contributed by atoms with Crippen LogP contribution in [-0.2, 0) is 0 Å². The van der Waals surface area contributed by atoms with Crippen molar-refractivity contribution in [2.45, 2.75) is 34.6 Å². The van der Waals surface area contributed by atoms with E-state index in [9.17, 15) is 15.3 Å². The minimum atomic E-state index is 0.0974. The summed E-state index contributed by atoms with van der Waals surface area (Å²) >= 11 is 0. The summed E-state index contributed by atoms with van der Waals surface area (Å²) in [5.41, 5.74) is 5.92. The Morgan fingerprint density at radius 3 is 1.68 bits per heavy atom. The largest absolute Gasteiger partial charge is 0.508 e. The zero-order chi connectivity index (χ0) is 24.6. The summed E-state index contributed by atoms with van der Waals surface area (Å²) in [6.07, 6.45) is 0. The van der Waals surface area contributed by atoms with Crippen LogP contribution >= 0.6 is 0 Å². The fraction of sp³-hybridized carbons (Fsp3) is 0.172. The van der Waals surface area contributed by atoms with Gasteiger partial charge in [-0.25, -0.2) is 0 Å². The van der Waals surface area contributed by atoms with E-state index in [1.807, 2.05) is 69.0 Å². The van der Waals surface area contributed by atoms with Crippen LogP contribution in [0.25, 0.3) is 0 Å². The van der Waals surface area contributed by atoms with Crippen LogP contribution in [0.5, 0.6) is 28.7 Å². The monoisotopic (exact) mass is 455 g/mol. The first-order valence-electron chi connectivity index (χ1n) is 11.1. The maximum absolute atomic E-state index is 11.1. The summed E-state index contributed by atoms with van der Waals surface area (Å²) in [6.45, 7) is 9.50. The Morgan fingerprint density at radius 2 is 1.12 bits per heavy atom. The number of ether oxygens (including phenoxy) is 1. The molecule has 4 aromatic carbocycles. The molecule has 0 aliphatic carbocycles. The Kier molecular flexibility index (Phi) is 6.12. The molecule has 174 valence electrons. The van der Waals surface area contributed by atoms with Crippen molar-refractivity contribution < 1.29 is 20.1 Å². The topological polar surface area (TPSA) is 73.2 Å². The predicted octanol–water partition coefficient (Wildman–Crippen LogP) is 7.61. The number of aryl methyl sites for hydroxylation is 4. The second-order valence-corrected chi connectivity index (χ2v) is 8.70. The highest BCUT2D eigenvalue weighted by molar-refractivity contribution is 5.88. The Balaban J connectivity index is 2.00. The smallest absolute Gasteiger partial charge is 0.151 e. The number of benzene rings is 4. The van der Waals surface area contributed by atoms with Gasteiger partial charge < -0.3 is 20.1 Å². The third-order valence-electron chi connectivity index (χ3n) is 5.88. The fourth-order valence-electron chi connectivity index (χ4n) is 4.37. The van der Waals surface area contributed by atoms with E-state index in [0.717, 1.165) is 22.3 Å². The van der Waals surface area contributed by atoms with Gasteiger partial charge in [0.2, 0.25) is 0 Å². The Bertz CT molecular complexity index is 1270. The molecule has 0 saturated carbocycles. The highest BCUT2D eigenvalue weighted by atomic mass is 16.5. The molecule has 0 amide bonds. The molecular formula is C29H29NO4. The molecule has 0 aliphatic heterocycles. The second kappa shape index (κ2) is 9.02. The molecule has 0 atom stereocenters. The molecule has 0 saturated heterocycles. The van der Waals surface area contributed by atoms with Crippen LogP contribution < -0.4 is 9.64 Å². The van der Waals surface area contributed by atoms with E-state index in [4.69, 9.17) is 4.74 Å². The first-order valence-corrected chi connectivity index (χ1v) is 11.1. The number of phenolic OH excluding ortho intramolecular Hbond substituents is 3. The van der Waals surface area contributed by atoms with Gasteiger partial charge in [-0.15, -0.1) is 0 Å². The first-order chi connectivity index (χ1) is 16.2. The van der Waals surface area contributed by atoms with Crippen molar-refractivity contribution in [1.82, 2.24) is 0 Å². The average molecular weight is 456 g/mol. The van der Waals surface area contributed by atoms with E-state index in [-0.39, 0.29) is 17.2 Å². The van der Waals surface area contributed by atoms with Gasteiger partial charge in [-0.05, 0) is 93.3 Å². The van der Waals surface area contributed by atoms with Gasteiger partial charge in [-0.2, -0.15) is 0 Å². The molecule has 0 aromatic heterocycles. The molecule has 0 radical (unpaired) electrons. The number of phenols is 3. The molecule has 3 N–H and O–H groups in total. The Hall–Kier alpha value is -4.12. The van der Waals surface area contributed by atoms with Crippen molar-refractivity contribution in [3.05, 3.63) is 94.5 Å². The fourth-order valence-corrected chi connectivity index (χ4v) is 4.37. The van der Waals surface area contributed by atoms with Gasteiger partial charge in [0.05, 0.1) is 17.1 Å². The maximum atomic E-state index is 11.1. The lowest BCUT2D eigenvalue weighted by Gasteiger charge is -2.31. The predicted molar refractivity (Wildman–Crippen MR) is 136 cm³/mol. The molecule has 34 heavy (non-hydrogen) atoms. The number of para-hydroxylation sites is 2. The molecule has 4 aromatic rings. The summed E-state index contributed by atoms with van der Waals surface area (Å²) in [6, 6.07) is 20.0. The van der Waals surface area contributed by atoms with E-state index >= 15 is 0 Å². The van der Waals surface area contributed by atoms with Crippen LogP contribution in [-0.4, -0.2) is 15.3 Å². The van der Waals surface area contributed by atoms with Gasteiger partial charge in [0.15, 0.2) is 5.75 Å². The van der Waals surface area contributed by atoms with Gasteiger partial charge in [-0.1, -0.05) is 30.3 Å². The van der Waals surface area contributed by atoms with Gasteiger partial charge in [0.25, 0.3) is 0 Å². The SMILES string of the molecule is Cc1cc(C)c(N(c2ccccc2Oc2cccc(O)c2C)c2c(C)cc(C)cc2O)c(O)c1. The number of hydrogen-bond donors (Lipinski definition) is 3. The molecule has 4 rings (SSSR count). The lowest BCUT2D eigenvalue weighted by molar-refractivity contribution is 0.448. The summed E-state index contributed by atoms with van der Waals surface area (Å²) in [4.78, 5) is 1.83. The molecule has 0 aliphatic rings. The van der Waals surface area contributed by atoms with Crippen LogP contribution in [0.15, 0.2) is 66.7 Å². The van der Waals surface area contributed by atoms with Gasteiger partial charge >= 0.3 is 0 Å². The lowest BCUT2D eigenvalue weighted by atomic mass is 10.0. The highest BCUT2D eigenvalue weighted by Gasteiger charge is 2.26. The summed E-state index contributed by atoms with van der Waals surface area (Å²) in [5, 5.41) is 32.3. The number of hydrogen-bond acceptors (Lipinski definition) is 5. The molecule has 0 unspecified atom stereocenters. The van der Waals surface area contributed by atoms with E-state index in [0.29, 0.717) is 34.1 Å². The van der Waals surface area contributed by atoms with E-state index in [2.05, 4.69) is 0 Å². The van der Waals surface area contributed by atoms with Crippen LogP contribution in [0.1, 0.15) is 27.8 Å². The molecule has 0 heterocycles. The summed E-state index contributed by atoms with van der Waals surface area (Å²) in [5.74, 6) is 1.36. The van der Waals surface area contributed by atoms with Crippen LogP contribution in [0.3, 0.4) is 0 Å². The Labute approximate surface area is 200 Å². The molecular weight excluding hydrogens is 426 g/mol. The molecule has 5 nitrogen and oxygen atoms in total. The standard InChI is InChI=1S/C29H29NO4/c1-17-13-19(3)28(24(32)15-17)30(29-20(4)14-18(2)16-25(29)33)22-9-6-7-11-27(22)34-26-12-8-10-23(31)21(26)5/h6-16,31-33H,1-5H3. The van der Waals surface area contributed by atoms with Crippen molar-refractivity contribution in [2.24, 2.45) is 0 Å². The number of rotatable bonds is 5. The molecule has 0 spiro atoms. The van der Waals surface area contributed by atoms with Crippen LogP contribution in [0.4, 0.5) is 17.1 Å². The number of nitrogens with zero attached hydrogens (tertiary/aromatic N) is 1. The van der Waals surface area contributed by atoms with E-state index in [1.54, 1.807) is 37.3 Å². The first kappa shape index (κ1) is 23.1. The Morgan fingerprint density at radius 1 is 0.588 bits per heavy atom. The van der Waals surface area contributed by atoms with Crippen LogP contribution in [0.2, 0.25) is 0 Å². The van der Waals surface area contributed by atoms with Gasteiger partial charge in [0.1, 0.15) is 23.0 Å². The zero-order valence-electron chi connectivity index (χ0n) is 20.0. The molecule has 0 fully saturated rings. The third-order valence-corrected chi connectivity index (χ3v) is 5.88. The summed E-state index contributed by atoms with van der Waals surface area (Å²) < 4.78 is 6.29. The van der Waals surface area contributed by atoms with E-state index < -0.39 is 0 Å².